The molecule has 0 atom stereocenters. The molecule has 2 N–H and O–H groups in total. The third-order valence-corrected chi connectivity index (χ3v) is 5.93. The molecule has 1 saturated carbocycles. The van der Waals surface area contributed by atoms with Crippen molar-refractivity contribution in [3.05, 3.63) is 29.8 Å². The van der Waals surface area contributed by atoms with Crippen LogP contribution in [0.1, 0.15) is 62.7 Å². The van der Waals surface area contributed by atoms with Gasteiger partial charge in [-0.3, -0.25) is 4.79 Å². The Morgan fingerprint density at radius 3 is 2.38 bits per heavy atom. The van der Waals surface area contributed by atoms with E-state index < -0.39 is 0 Å². The van der Waals surface area contributed by atoms with Gasteiger partial charge < -0.3 is 20.4 Å². The summed E-state index contributed by atoms with van der Waals surface area (Å²) in [5.41, 5.74) is 1.37. The lowest BCUT2D eigenvalue weighted by molar-refractivity contribution is 0.0760. The van der Waals surface area contributed by atoms with E-state index in [0.29, 0.717) is 11.3 Å². The van der Waals surface area contributed by atoms with E-state index in [2.05, 4.69) is 15.5 Å². The summed E-state index contributed by atoms with van der Waals surface area (Å²) in [7, 11) is 0. The Labute approximate surface area is 175 Å². The monoisotopic (exact) mass is 400 g/mol. The first kappa shape index (κ1) is 21.6. The first-order valence-corrected chi connectivity index (χ1v) is 11.2. The maximum atomic E-state index is 12.9. The molecule has 0 aromatic heterocycles. The number of anilines is 1. The number of carbonyl (C=O) groups excluding carboxylic acids is 2. The number of hydrogen-bond donors (Lipinski definition) is 2. The molecule has 6 heteroatoms. The molecule has 2 aliphatic rings. The summed E-state index contributed by atoms with van der Waals surface area (Å²) in [6.45, 7) is 8.70. The predicted octanol–water partition coefficient (Wildman–Crippen LogP) is 3.94. The van der Waals surface area contributed by atoms with E-state index in [0.717, 1.165) is 38.5 Å². The van der Waals surface area contributed by atoms with Crippen LogP contribution in [0.3, 0.4) is 0 Å². The third-order valence-electron chi connectivity index (χ3n) is 5.93. The summed E-state index contributed by atoms with van der Waals surface area (Å²) < 4.78 is 0. The summed E-state index contributed by atoms with van der Waals surface area (Å²) in [4.78, 5) is 29.3. The molecule has 0 bridgehead atoms. The zero-order valence-electron chi connectivity index (χ0n) is 18.0. The van der Waals surface area contributed by atoms with Crippen LogP contribution in [0.2, 0.25) is 0 Å². The van der Waals surface area contributed by atoms with Gasteiger partial charge in [0, 0.05) is 43.5 Å². The zero-order valence-corrected chi connectivity index (χ0v) is 18.0. The molecule has 0 spiro atoms. The lowest BCUT2D eigenvalue weighted by atomic mass is 9.89. The number of nitrogens with one attached hydrogen (secondary N) is 2. The Morgan fingerprint density at radius 1 is 0.966 bits per heavy atom. The SMILES string of the molecule is CC(C)NC(=O)Nc1ccc(C(=O)N2CCCN(CC3CCCCC3)CC2)cc1. The van der Waals surface area contributed by atoms with Gasteiger partial charge >= 0.3 is 6.03 Å². The van der Waals surface area contributed by atoms with Crippen molar-refractivity contribution < 1.29 is 9.59 Å². The van der Waals surface area contributed by atoms with Gasteiger partial charge in [0.05, 0.1) is 0 Å². The van der Waals surface area contributed by atoms with Crippen LogP contribution in [0.4, 0.5) is 10.5 Å². The van der Waals surface area contributed by atoms with Gasteiger partial charge in [0.15, 0.2) is 0 Å². The molecule has 6 nitrogen and oxygen atoms in total. The fourth-order valence-corrected chi connectivity index (χ4v) is 4.40. The molecule has 160 valence electrons. The number of amides is 3. The molecule has 29 heavy (non-hydrogen) atoms. The molecule has 1 heterocycles. The number of rotatable bonds is 5. The third kappa shape index (κ3) is 6.74. The van der Waals surface area contributed by atoms with Gasteiger partial charge in [-0.05, 0) is 69.8 Å². The van der Waals surface area contributed by atoms with Crippen molar-refractivity contribution in [1.29, 1.82) is 0 Å². The Hall–Kier alpha value is -2.08. The molecular formula is C23H36N4O2. The molecule has 2 fully saturated rings. The second kappa shape index (κ2) is 10.6. The van der Waals surface area contributed by atoms with E-state index in [9.17, 15) is 9.59 Å². The summed E-state index contributed by atoms with van der Waals surface area (Å²) in [5, 5.41) is 5.58. The molecule has 3 amide bonds. The summed E-state index contributed by atoms with van der Waals surface area (Å²) in [5.74, 6) is 0.932. The number of carbonyl (C=O) groups is 2. The van der Waals surface area contributed by atoms with Crippen LogP contribution < -0.4 is 10.6 Å². The fourth-order valence-electron chi connectivity index (χ4n) is 4.40. The largest absolute Gasteiger partial charge is 0.337 e. The van der Waals surface area contributed by atoms with Crippen molar-refractivity contribution in [3.8, 4) is 0 Å². The van der Waals surface area contributed by atoms with Crippen molar-refractivity contribution in [3.63, 3.8) is 0 Å². The molecule has 1 aliphatic carbocycles. The van der Waals surface area contributed by atoms with Crippen LogP contribution >= 0.6 is 0 Å². The minimum Gasteiger partial charge on any atom is -0.337 e. The second-order valence-corrected chi connectivity index (χ2v) is 8.78. The van der Waals surface area contributed by atoms with Gasteiger partial charge in [-0.15, -0.1) is 0 Å². The van der Waals surface area contributed by atoms with Gasteiger partial charge in [0.25, 0.3) is 5.91 Å². The molecular weight excluding hydrogens is 364 g/mol. The van der Waals surface area contributed by atoms with Crippen molar-refractivity contribution in [2.45, 2.75) is 58.4 Å². The number of benzene rings is 1. The van der Waals surface area contributed by atoms with Gasteiger partial charge in [-0.1, -0.05) is 19.3 Å². The van der Waals surface area contributed by atoms with Crippen molar-refractivity contribution in [1.82, 2.24) is 15.1 Å². The molecule has 1 aromatic carbocycles. The first-order valence-electron chi connectivity index (χ1n) is 11.2. The molecule has 1 aromatic rings. The van der Waals surface area contributed by atoms with E-state index in [1.807, 2.05) is 18.7 Å². The van der Waals surface area contributed by atoms with Gasteiger partial charge in [-0.25, -0.2) is 4.79 Å². The highest BCUT2D eigenvalue weighted by Gasteiger charge is 2.23. The zero-order chi connectivity index (χ0) is 20.6. The van der Waals surface area contributed by atoms with Gasteiger partial charge in [0.1, 0.15) is 0 Å². The summed E-state index contributed by atoms with van der Waals surface area (Å²) in [6.07, 6.45) is 7.94. The molecule has 0 radical (unpaired) electrons. The highest BCUT2D eigenvalue weighted by Crippen LogP contribution is 2.25. The Morgan fingerprint density at radius 2 is 1.69 bits per heavy atom. The van der Waals surface area contributed by atoms with E-state index in [1.54, 1.807) is 24.3 Å². The Bertz CT molecular complexity index is 668. The fraction of sp³-hybridized carbons (Fsp3) is 0.652. The minimum atomic E-state index is -0.232. The standard InChI is InChI=1S/C23H36N4O2/c1-18(2)24-23(29)25-21-11-9-20(10-12-21)22(28)27-14-6-13-26(15-16-27)17-19-7-4-3-5-8-19/h9-12,18-19H,3-8,13-17H2,1-2H3,(H2,24,25,29). The van der Waals surface area contributed by atoms with Gasteiger partial charge in [0.2, 0.25) is 0 Å². The Balaban J connectivity index is 1.50. The van der Waals surface area contributed by atoms with Gasteiger partial charge in [-0.2, -0.15) is 0 Å². The highest BCUT2D eigenvalue weighted by molar-refractivity contribution is 5.95. The number of urea groups is 1. The van der Waals surface area contributed by atoms with E-state index in [-0.39, 0.29) is 18.0 Å². The van der Waals surface area contributed by atoms with E-state index in [4.69, 9.17) is 0 Å². The highest BCUT2D eigenvalue weighted by atomic mass is 16.2. The maximum absolute atomic E-state index is 12.9. The second-order valence-electron chi connectivity index (χ2n) is 8.78. The van der Waals surface area contributed by atoms with Crippen LogP contribution in [0.15, 0.2) is 24.3 Å². The minimum absolute atomic E-state index is 0.0802. The predicted molar refractivity (Wildman–Crippen MR) is 117 cm³/mol. The first-order chi connectivity index (χ1) is 14.0. The summed E-state index contributed by atoms with van der Waals surface area (Å²) in [6, 6.07) is 7.04. The van der Waals surface area contributed by atoms with Crippen LogP contribution in [0.25, 0.3) is 0 Å². The number of nitrogens with zero attached hydrogens (tertiary/aromatic N) is 2. The van der Waals surface area contributed by atoms with Crippen LogP contribution in [-0.2, 0) is 0 Å². The molecule has 0 unspecified atom stereocenters. The molecule has 1 saturated heterocycles. The average Bonchev–Trinajstić information content (AvgIpc) is 2.94. The Kier molecular flexibility index (Phi) is 7.92. The lowest BCUT2D eigenvalue weighted by Gasteiger charge is -2.28. The smallest absolute Gasteiger partial charge is 0.319 e. The maximum Gasteiger partial charge on any atom is 0.319 e. The van der Waals surface area contributed by atoms with E-state index in [1.165, 1.54) is 38.6 Å². The van der Waals surface area contributed by atoms with Crippen LogP contribution in [0.5, 0.6) is 0 Å². The number of hydrogen-bond acceptors (Lipinski definition) is 3. The average molecular weight is 401 g/mol. The van der Waals surface area contributed by atoms with Crippen LogP contribution in [-0.4, -0.2) is 60.5 Å². The molecule has 1 aliphatic heterocycles. The quantitative estimate of drug-likeness (QED) is 0.787. The summed E-state index contributed by atoms with van der Waals surface area (Å²) >= 11 is 0. The van der Waals surface area contributed by atoms with Crippen molar-refractivity contribution in [2.75, 3.05) is 38.0 Å². The lowest BCUT2D eigenvalue weighted by Crippen LogP contribution is -2.37. The van der Waals surface area contributed by atoms with Crippen LogP contribution in [0, 0.1) is 5.92 Å². The molecule has 3 rings (SSSR count). The topological polar surface area (TPSA) is 64.7 Å². The van der Waals surface area contributed by atoms with Crippen molar-refractivity contribution >= 4 is 17.6 Å². The van der Waals surface area contributed by atoms with E-state index >= 15 is 0 Å². The van der Waals surface area contributed by atoms with Crippen molar-refractivity contribution in [2.24, 2.45) is 5.92 Å². The normalized spacial score (nSPS) is 19.1.